The minimum Gasteiger partial charge on any atom is -0.353 e. The summed E-state index contributed by atoms with van der Waals surface area (Å²) in [5, 5.41) is 6.59. The summed E-state index contributed by atoms with van der Waals surface area (Å²) in [5.41, 5.74) is 0. The van der Waals surface area contributed by atoms with Gasteiger partial charge in [-0.1, -0.05) is 13.8 Å². The van der Waals surface area contributed by atoms with Crippen molar-refractivity contribution in [2.45, 2.75) is 52.0 Å². The maximum atomic E-state index is 12.1. The van der Waals surface area contributed by atoms with E-state index < -0.39 is 0 Å². The highest BCUT2D eigenvalue weighted by Gasteiger charge is 2.29. The Hall–Kier alpha value is -0.280. The summed E-state index contributed by atoms with van der Waals surface area (Å²) in [4.78, 5) is 12.1. The Kier molecular flexibility index (Phi) is 6.44. The Balaban J connectivity index is 0.00000162. The van der Waals surface area contributed by atoms with E-state index in [1.807, 2.05) is 0 Å². The Morgan fingerprint density at radius 2 is 2.00 bits per heavy atom. The van der Waals surface area contributed by atoms with Crippen molar-refractivity contribution in [2.24, 2.45) is 17.8 Å². The topological polar surface area (TPSA) is 41.1 Å². The van der Waals surface area contributed by atoms with E-state index in [4.69, 9.17) is 0 Å². The maximum Gasteiger partial charge on any atom is 0.224 e. The van der Waals surface area contributed by atoms with Gasteiger partial charge in [0.25, 0.3) is 0 Å². The average Bonchev–Trinajstić information content (AvgIpc) is 2.34. The van der Waals surface area contributed by atoms with Crippen LogP contribution in [0.15, 0.2) is 0 Å². The number of piperidine rings is 1. The molecule has 0 radical (unpaired) electrons. The fourth-order valence-electron chi connectivity index (χ4n) is 3.26. The quantitative estimate of drug-likeness (QED) is 0.812. The first-order valence-corrected chi connectivity index (χ1v) is 7.18. The number of rotatable bonds is 2. The zero-order valence-electron chi connectivity index (χ0n) is 11.6. The Bertz CT molecular complexity index is 267. The van der Waals surface area contributed by atoms with Crippen molar-refractivity contribution < 1.29 is 4.79 Å². The molecule has 0 aromatic rings. The molecule has 0 aromatic heterocycles. The van der Waals surface area contributed by atoms with Crippen molar-refractivity contribution >= 4 is 18.3 Å². The molecular weight excluding hydrogens is 248 g/mol. The van der Waals surface area contributed by atoms with Crippen molar-refractivity contribution in [3.63, 3.8) is 0 Å². The molecule has 1 saturated carbocycles. The third-order valence-corrected chi connectivity index (χ3v) is 4.43. The second-order valence-electron chi connectivity index (χ2n) is 6.05. The van der Waals surface area contributed by atoms with E-state index in [0.29, 0.717) is 12.0 Å². The van der Waals surface area contributed by atoms with Gasteiger partial charge in [-0.2, -0.15) is 0 Å². The lowest BCUT2D eigenvalue weighted by atomic mass is 9.79. The lowest BCUT2D eigenvalue weighted by Gasteiger charge is -2.34. The first-order chi connectivity index (χ1) is 8.16. The summed E-state index contributed by atoms with van der Waals surface area (Å²) in [7, 11) is 0. The third-order valence-electron chi connectivity index (χ3n) is 4.43. The molecule has 1 aliphatic carbocycles. The highest BCUT2D eigenvalue weighted by molar-refractivity contribution is 5.85. The number of amides is 1. The van der Waals surface area contributed by atoms with Crippen molar-refractivity contribution in [2.75, 3.05) is 13.1 Å². The lowest BCUT2D eigenvalue weighted by Crippen LogP contribution is -2.47. The molecule has 0 spiro atoms. The summed E-state index contributed by atoms with van der Waals surface area (Å²) in [6.07, 6.45) is 5.87. The monoisotopic (exact) mass is 274 g/mol. The molecule has 4 atom stereocenters. The van der Waals surface area contributed by atoms with Crippen LogP contribution in [-0.4, -0.2) is 25.0 Å². The van der Waals surface area contributed by atoms with Gasteiger partial charge in [-0.25, -0.2) is 0 Å². The van der Waals surface area contributed by atoms with Crippen molar-refractivity contribution in [1.29, 1.82) is 0 Å². The standard InChI is InChI=1S/C14H26N2O.ClH/c1-10-5-6-13(11(2)8-10)16-14(17)12-4-3-7-15-9-12;/h10-13,15H,3-9H2,1-2H3,(H,16,17);1H. The SMILES string of the molecule is CC1CCC(NC(=O)C2CCCNC2)C(C)C1.Cl. The molecule has 0 bridgehead atoms. The molecule has 1 saturated heterocycles. The van der Waals surface area contributed by atoms with Gasteiger partial charge in [0.2, 0.25) is 5.91 Å². The Morgan fingerprint density at radius 3 is 2.61 bits per heavy atom. The summed E-state index contributed by atoms with van der Waals surface area (Å²) in [6.45, 7) is 6.53. The average molecular weight is 275 g/mol. The fourth-order valence-corrected chi connectivity index (χ4v) is 3.26. The predicted molar refractivity (Wildman–Crippen MR) is 77.0 cm³/mol. The van der Waals surface area contributed by atoms with E-state index in [0.717, 1.165) is 38.3 Å². The van der Waals surface area contributed by atoms with Gasteiger partial charge in [-0.3, -0.25) is 4.79 Å². The van der Waals surface area contributed by atoms with Crippen LogP contribution in [0.5, 0.6) is 0 Å². The Morgan fingerprint density at radius 1 is 1.22 bits per heavy atom. The molecule has 4 heteroatoms. The minimum absolute atomic E-state index is 0. The van der Waals surface area contributed by atoms with Crippen LogP contribution in [0.3, 0.4) is 0 Å². The number of nitrogens with one attached hydrogen (secondary N) is 2. The summed E-state index contributed by atoms with van der Waals surface area (Å²) < 4.78 is 0. The van der Waals surface area contributed by atoms with Gasteiger partial charge in [0.15, 0.2) is 0 Å². The van der Waals surface area contributed by atoms with Crippen LogP contribution in [0.25, 0.3) is 0 Å². The zero-order valence-corrected chi connectivity index (χ0v) is 12.4. The second kappa shape index (κ2) is 7.34. The fraction of sp³-hybridized carbons (Fsp3) is 0.929. The van der Waals surface area contributed by atoms with E-state index in [-0.39, 0.29) is 24.2 Å². The minimum atomic E-state index is 0. The van der Waals surface area contributed by atoms with Gasteiger partial charge >= 0.3 is 0 Å². The highest BCUT2D eigenvalue weighted by atomic mass is 35.5. The molecular formula is C14H27ClN2O. The number of carbonyl (C=O) groups excluding carboxylic acids is 1. The third kappa shape index (κ3) is 4.13. The first-order valence-electron chi connectivity index (χ1n) is 7.18. The number of carbonyl (C=O) groups is 1. The normalized spacial score (nSPS) is 36.6. The van der Waals surface area contributed by atoms with Crippen molar-refractivity contribution in [3.8, 4) is 0 Å². The molecule has 0 aromatic carbocycles. The van der Waals surface area contributed by atoms with Gasteiger partial charge in [-0.15, -0.1) is 12.4 Å². The van der Waals surface area contributed by atoms with Gasteiger partial charge in [0.1, 0.15) is 0 Å². The van der Waals surface area contributed by atoms with E-state index in [2.05, 4.69) is 24.5 Å². The number of halogens is 1. The van der Waals surface area contributed by atoms with E-state index in [1.54, 1.807) is 0 Å². The molecule has 2 N–H and O–H groups in total. The van der Waals surface area contributed by atoms with Crippen molar-refractivity contribution in [1.82, 2.24) is 10.6 Å². The zero-order chi connectivity index (χ0) is 12.3. The molecule has 1 aliphatic heterocycles. The number of hydrogen-bond donors (Lipinski definition) is 2. The smallest absolute Gasteiger partial charge is 0.224 e. The van der Waals surface area contributed by atoms with E-state index >= 15 is 0 Å². The molecule has 4 unspecified atom stereocenters. The van der Waals surface area contributed by atoms with Gasteiger partial charge in [0.05, 0.1) is 5.92 Å². The first kappa shape index (κ1) is 15.8. The molecule has 18 heavy (non-hydrogen) atoms. The van der Waals surface area contributed by atoms with Crippen LogP contribution in [0.4, 0.5) is 0 Å². The summed E-state index contributed by atoms with van der Waals surface area (Å²) in [5.74, 6) is 1.95. The molecule has 1 amide bonds. The van der Waals surface area contributed by atoms with Crippen molar-refractivity contribution in [3.05, 3.63) is 0 Å². The molecule has 3 nitrogen and oxygen atoms in total. The summed E-state index contributed by atoms with van der Waals surface area (Å²) in [6, 6.07) is 0.417. The predicted octanol–water partition coefficient (Wildman–Crippen LogP) is 2.35. The van der Waals surface area contributed by atoms with Crippen LogP contribution in [0, 0.1) is 17.8 Å². The molecule has 2 fully saturated rings. The molecule has 2 rings (SSSR count). The van der Waals surface area contributed by atoms with Crippen LogP contribution in [0.1, 0.15) is 46.0 Å². The van der Waals surface area contributed by atoms with Crippen LogP contribution < -0.4 is 10.6 Å². The number of hydrogen-bond acceptors (Lipinski definition) is 2. The van der Waals surface area contributed by atoms with Gasteiger partial charge in [-0.05, 0) is 50.5 Å². The largest absolute Gasteiger partial charge is 0.353 e. The van der Waals surface area contributed by atoms with E-state index in [9.17, 15) is 4.79 Å². The van der Waals surface area contributed by atoms with Crippen LogP contribution >= 0.6 is 12.4 Å². The van der Waals surface area contributed by atoms with Gasteiger partial charge < -0.3 is 10.6 Å². The lowest BCUT2D eigenvalue weighted by molar-refractivity contribution is -0.126. The molecule has 2 aliphatic rings. The van der Waals surface area contributed by atoms with Crippen LogP contribution in [0.2, 0.25) is 0 Å². The second-order valence-corrected chi connectivity index (χ2v) is 6.05. The molecule has 1 heterocycles. The highest BCUT2D eigenvalue weighted by Crippen LogP contribution is 2.28. The van der Waals surface area contributed by atoms with Gasteiger partial charge in [0, 0.05) is 12.6 Å². The van der Waals surface area contributed by atoms with Crippen LogP contribution in [-0.2, 0) is 4.79 Å². The maximum absolute atomic E-state index is 12.1. The molecule has 106 valence electrons. The Labute approximate surface area is 117 Å². The summed E-state index contributed by atoms with van der Waals surface area (Å²) >= 11 is 0. The van der Waals surface area contributed by atoms with E-state index in [1.165, 1.54) is 12.8 Å².